The van der Waals surface area contributed by atoms with Crippen molar-refractivity contribution >= 4 is 23.6 Å². The number of rotatable bonds is 11. The van der Waals surface area contributed by atoms with Gasteiger partial charge in [-0.25, -0.2) is 0 Å². The quantitative estimate of drug-likeness (QED) is 0.306. The molecule has 0 aliphatic carbocycles. The van der Waals surface area contributed by atoms with E-state index in [1.54, 1.807) is 26.8 Å². The summed E-state index contributed by atoms with van der Waals surface area (Å²) in [7, 11) is 0. The summed E-state index contributed by atoms with van der Waals surface area (Å²) in [5.74, 6) is -2.99. The summed E-state index contributed by atoms with van der Waals surface area (Å²) in [6.45, 7) is 1.78. The minimum absolute atomic E-state index is 0.00399. The molecule has 1 heterocycles. The number of carboxylic acid groups (broad SMARTS) is 3. The molecule has 1 saturated heterocycles. The van der Waals surface area contributed by atoms with Crippen molar-refractivity contribution < 1.29 is 34.6 Å². The van der Waals surface area contributed by atoms with Crippen LogP contribution in [0, 0.1) is 10.1 Å². The lowest BCUT2D eigenvalue weighted by Crippen LogP contribution is -2.47. The molecule has 33 heavy (non-hydrogen) atoms. The van der Waals surface area contributed by atoms with E-state index in [1.165, 1.54) is 12.1 Å². The molecule has 1 aromatic rings. The summed E-state index contributed by atoms with van der Waals surface area (Å²) in [6.07, 6.45) is 1.44. The van der Waals surface area contributed by atoms with Crippen molar-refractivity contribution in [1.29, 1.82) is 0 Å². The fourth-order valence-corrected chi connectivity index (χ4v) is 3.91. The van der Waals surface area contributed by atoms with Gasteiger partial charge in [-0.2, -0.15) is 0 Å². The average molecular weight is 466 g/mol. The van der Waals surface area contributed by atoms with Crippen molar-refractivity contribution in [3.8, 4) is 0 Å². The highest BCUT2D eigenvalue weighted by Gasteiger charge is 2.28. The summed E-state index contributed by atoms with van der Waals surface area (Å²) in [6, 6.07) is 5.34. The van der Waals surface area contributed by atoms with Crippen LogP contribution in [0.4, 0.5) is 5.69 Å². The van der Waals surface area contributed by atoms with Gasteiger partial charge in [-0.1, -0.05) is 12.1 Å². The molecule has 0 aromatic heterocycles. The van der Waals surface area contributed by atoms with Crippen LogP contribution < -0.4 is 0 Å². The van der Waals surface area contributed by atoms with Gasteiger partial charge in [0.2, 0.25) is 0 Å². The Balaban J connectivity index is 2.04. The van der Waals surface area contributed by atoms with Crippen LogP contribution in [0.1, 0.15) is 18.4 Å². The van der Waals surface area contributed by atoms with E-state index in [0.29, 0.717) is 58.5 Å². The van der Waals surface area contributed by atoms with E-state index in [-0.39, 0.29) is 18.8 Å². The van der Waals surface area contributed by atoms with Crippen LogP contribution in [-0.4, -0.2) is 111 Å². The zero-order valence-electron chi connectivity index (χ0n) is 18.3. The van der Waals surface area contributed by atoms with Crippen LogP contribution in [0.5, 0.6) is 0 Å². The summed E-state index contributed by atoms with van der Waals surface area (Å²) < 4.78 is 0. The lowest BCUT2D eigenvalue weighted by atomic mass is 10.0. The zero-order valence-corrected chi connectivity index (χ0v) is 18.3. The van der Waals surface area contributed by atoms with Crippen LogP contribution in [-0.2, 0) is 20.8 Å². The fraction of sp³-hybridized carbons (Fsp3) is 0.571. The Hall–Kier alpha value is -3.09. The van der Waals surface area contributed by atoms with Crippen LogP contribution >= 0.6 is 0 Å². The molecule has 1 aliphatic rings. The van der Waals surface area contributed by atoms with Gasteiger partial charge in [-0.05, 0) is 24.8 Å². The number of hydrogen-bond donors (Lipinski definition) is 3. The molecule has 1 fully saturated rings. The van der Waals surface area contributed by atoms with Gasteiger partial charge in [0, 0.05) is 51.4 Å². The number of carboxylic acids is 3. The minimum Gasteiger partial charge on any atom is -0.480 e. The normalized spacial score (nSPS) is 17.5. The first-order valence-electron chi connectivity index (χ1n) is 10.7. The van der Waals surface area contributed by atoms with E-state index in [9.17, 15) is 29.6 Å². The van der Waals surface area contributed by atoms with E-state index in [4.69, 9.17) is 10.2 Å². The smallest absolute Gasteiger partial charge is 0.320 e. The van der Waals surface area contributed by atoms with Gasteiger partial charge < -0.3 is 15.3 Å². The van der Waals surface area contributed by atoms with Gasteiger partial charge >= 0.3 is 17.9 Å². The van der Waals surface area contributed by atoms with Gasteiger partial charge in [-0.15, -0.1) is 0 Å². The lowest BCUT2D eigenvalue weighted by Gasteiger charge is -2.30. The number of non-ortho nitro benzene ring substituents is 1. The molecule has 1 atom stereocenters. The monoisotopic (exact) mass is 466 g/mol. The molecule has 0 saturated carbocycles. The third kappa shape index (κ3) is 9.12. The largest absolute Gasteiger partial charge is 0.480 e. The Labute approximate surface area is 191 Å². The van der Waals surface area contributed by atoms with E-state index < -0.39 is 28.9 Å². The number of aryl methyl sites for hydroxylation is 1. The van der Waals surface area contributed by atoms with Crippen molar-refractivity contribution in [1.82, 2.24) is 14.7 Å². The molecule has 12 nitrogen and oxygen atoms in total. The molecule has 12 heteroatoms. The van der Waals surface area contributed by atoms with Crippen LogP contribution in [0.2, 0.25) is 0 Å². The maximum atomic E-state index is 12.0. The van der Waals surface area contributed by atoms with Gasteiger partial charge in [-0.3, -0.25) is 39.2 Å². The standard InChI is InChI=1S/C21H30N4O8/c26-19(27)14-22-8-9-23(15-20(28)29)11-13-24(12-10-22)18(21(30)31)3-1-2-16-4-6-17(7-5-16)25(32)33/h4-7,18H,1-3,8-15H2,(H,26,27)(H,28,29)(H,30,31). The Morgan fingerprint density at radius 2 is 1.36 bits per heavy atom. The number of carbonyl (C=O) groups is 3. The van der Waals surface area contributed by atoms with Crippen molar-refractivity contribution in [3.05, 3.63) is 39.9 Å². The predicted molar refractivity (Wildman–Crippen MR) is 117 cm³/mol. The lowest BCUT2D eigenvalue weighted by molar-refractivity contribution is -0.384. The van der Waals surface area contributed by atoms with Gasteiger partial charge in [0.25, 0.3) is 5.69 Å². The van der Waals surface area contributed by atoms with Crippen LogP contribution in [0.25, 0.3) is 0 Å². The fourth-order valence-electron chi connectivity index (χ4n) is 3.91. The van der Waals surface area contributed by atoms with E-state index >= 15 is 0 Å². The second kappa shape index (κ2) is 12.8. The molecule has 0 amide bonds. The van der Waals surface area contributed by atoms with Gasteiger partial charge in [0.05, 0.1) is 18.0 Å². The maximum Gasteiger partial charge on any atom is 0.320 e. The second-order valence-corrected chi connectivity index (χ2v) is 8.05. The minimum atomic E-state index is -0.997. The Kier molecular flexibility index (Phi) is 10.2. The highest BCUT2D eigenvalue weighted by Crippen LogP contribution is 2.16. The molecule has 2 rings (SSSR count). The molecule has 0 bridgehead atoms. The summed E-state index contributed by atoms with van der Waals surface area (Å²) in [5, 5.41) is 38.9. The van der Waals surface area contributed by atoms with Crippen molar-refractivity contribution in [2.75, 3.05) is 52.4 Å². The molecular formula is C21H30N4O8. The molecule has 3 N–H and O–H groups in total. The molecule has 1 aliphatic heterocycles. The summed E-state index contributed by atoms with van der Waals surface area (Å²) >= 11 is 0. The predicted octanol–water partition coefficient (Wildman–Crippen LogP) is 0.460. The Morgan fingerprint density at radius 1 is 0.879 bits per heavy atom. The maximum absolute atomic E-state index is 12.0. The Morgan fingerprint density at radius 3 is 1.79 bits per heavy atom. The topological polar surface area (TPSA) is 165 Å². The summed E-state index contributed by atoms with van der Waals surface area (Å²) in [4.78, 5) is 49.8. The van der Waals surface area contributed by atoms with Crippen molar-refractivity contribution in [2.45, 2.75) is 25.3 Å². The third-order valence-electron chi connectivity index (χ3n) is 5.67. The first-order chi connectivity index (χ1) is 15.7. The molecule has 1 unspecified atom stereocenters. The van der Waals surface area contributed by atoms with E-state index in [2.05, 4.69) is 0 Å². The van der Waals surface area contributed by atoms with E-state index in [0.717, 1.165) is 5.56 Å². The van der Waals surface area contributed by atoms with Crippen molar-refractivity contribution in [3.63, 3.8) is 0 Å². The number of nitrogens with zero attached hydrogens (tertiary/aromatic N) is 4. The van der Waals surface area contributed by atoms with Crippen LogP contribution in [0.3, 0.4) is 0 Å². The number of nitro groups is 1. The highest BCUT2D eigenvalue weighted by molar-refractivity contribution is 5.73. The van der Waals surface area contributed by atoms with Crippen LogP contribution in [0.15, 0.2) is 24.3 Å². The second-order valence-electron chi connectivity index (χ2n) is 8.05. The Bertz CT molecular complexity index is 804. The van der Waals surface area contributed by atoms with E-state index in [1.807, 2.05) is 0 Å². The average Bonchev–Trinajstić information content (AvgIpc) is 2.82. The summed E-state index contributed by atoms with van der Waals surface area (Å²) in [5.41, 5.74) is 0.866. The first kappa shape index (κ1) is 26.2. The number of hydrogen-bond acceptors (Lipinski definition) is 8. The number of nitro benzene ring substituents is 1. The molecular weight excluding hydrogens is 436 g/mol. The molecule has 182 valence electrons. The molecule has 1 aromatic carbocycles. The highest BCUT2D eigenvalue weighted by atomic mass is 16.6. The number of benzene rings is 1. The molecule has 0 spiro atoms. The number of aliphatic carboxylic acids is 3. The molecule has 0 radical (unpaired) electrons. The zero-order chi connectivity index (χ0) is 24.4. The third-order valence-corrected chi connectivity index (χ3v) is 5.67. The van der Waals surface area contributed by atoms with Gasteiger partial charge in [0.1, 0.15) is 6.04 Å². The van der Waals surface area contributed by atoms with Crippen molar-refractivity contribution in [2.24, 2.45) is 0 Å². The van der Waals surface area contributed by atoms with Gasteiger partial charge in [0.15, 0.2) is 0 Å². The SMILES string of the molecule is O=C(O)CN1CCN(CC(=O)O)CCN(C(CCCc2ccc([N+](=O)[O-])cc2)C(=O)O)CC1. The first-order valence-corrected chi connectivity index (χ1v) is 10.7.